The Morgan fingerprint density at radius 1 is 1.25 bits per heavy atom. The van der Waals surface area contributed by atoms with Gasteiger partial charge in [0.05, 0.1) is 16.8 Å². The van der Waals surface area contributed by atoms with Crippen LogP contribution in [0.5, 0.6) is 0 Å². The zero-order valence-electron chi connectivity index (χ0n) is 11.1. The first kappa shape index (κ1) is 15.2. The lowest BCUT2D eigenvalue weighted by Gasteiger charge is -2.17. The first-order chi connectivity index (χ1) is 9.63. The molecule has 0 spiro atoms. The van der Waals surface area contributed by atoms with E-state index in [4.69, 9.17) is 4.42 Å². The van der Waals surface area contributed by atoms with Crippen molar-refractivity contribution in [3.63, 3.8) is 0 Å². The Morgan fingerprint density at radius 2 is 1.95 bits per heavy atom. The Hall–Kier alpha value is -1.20. The van der Waals surface area contributed by atoms with E-state index >= 15 is 0 Å². The van der Waals surface area contributed by atoms with Crippen LogP contribution in [0.4, 0.5) is 8.78 Å². The van der Waals surface area contributed by atoms with Crippen LogP contribution < -0.4 is 5.32 Å². The highest BCUT2D eigenvalue weighted by molar-refractivity contribution is 9.10. The van der Waals surface area contributed by atoms with Crippen molar-refractivity contribution in [2.24, 2.45) is 0 Å². The summed E-state index contributed by atoms with van der Waals surface area (Å²) >= 11 is 3.39. The first-order valence-corrected chi connectivity index (χ1v) is 7.32. The van der Waals surface area contributed by atoms with Crippen molar-refractivity contribution in [1.82, 2.24) is 5.32 Å². The van der Waals surface area contributed by atoms with Crippen molar-refractivity contribution < 1.29 is 13.2 Å². The summed E-state index contributed by atoms with van der Waals surface area (Å²) in [5.41, 5.74) is 0.0735. The summed E-state index contributed by atoms with van der Waals surface area (Å²) in [6.45, 7) is 2.78. The van der Waals surface area contributed by atoms with Gasteiger partial charge in [0.15, 0.2) is 0 Å². The fourth-order valence-electron chi connectivity index (χ4n) is 2.06. The van der Waals surface area contributed by atoms with E-state index in [-0.39, 0.29) is 18.0 Å². The lowest BCUT2D eigenvalue weighted by Crippen LogP contribution is -2.24. The predicted octanol–water partition coefficient (Wildman–Crippen LogP) is 4.60. The molecule has 20 heavy (non-hydrogen) atoms. The van der Waals surface area contributed by atoms with Crippen LogP contribution in [0.15, 0.2) is 39.4 Å². The number of benzene rings is 1. The summed E-state index contributed by atoms with van der Waals surface area (Å²) in [5.74, 6) is -0.409. The van der Waals surface area contributed by atoms with Gasteiger partial charge in [-0.25, -0.2) is 8.78 Å². The lowest BCUT2D eigenvalue weighted by molar-refractivity contribution is 0.399. The van der Waals surface area contributed by atoms with Gasteiger partial charge in [-0.1, -0.05) is 13.0 Å². The maximum Gasteiger partial charge on any atom is 0.135 e. The second-order valence-corrected chi connectivity index (χ2v) is 5.40. The Morgan fingerprint density at radius 3 is 2.50 bits per heavy atom. The van der Waals surface area contributed by atoms with Gasteiger partial charge in [0.2, 0.25) is 0 Å². The smallest absolute Gasteiger partial charge is 0.135 e. The van der Waals surface area contributed by atoms with Crippen LogP contribution in [0.25, 0.3) is 0 Å². The quantitative estimate of drug-likeness (QED) is 0.828. The van der Waals surface area contributed by atoms with Crippen molar-refractivity contribution in [3.8, 4) is 0 Å². The topological polar surface area (TPSA) is 25.2 Å². The van der Waals surface area contributed by atoms with E-state index in [1.807, 2.05) is 6.92 Å². The fraction of sp³-hybridized carbons (Fsp3) is 0.333. The van der Waals surface area contributed by atoms with Gasteiger partial charge in [-0.2, -0.15) is 0 Å². The standard InChI is InChI=1S/C15H16BrF2NO/c1-2-7-19-14(15-11(16)6-8-20-15)9-10-12(17)4-3-5-13(10)18/h3-6,8,14,19H,2,7,9H2,1H3. The molecule has 1 atom stereocenters. The van der Waals surface area contributed by atoms with Crippen LogP contribution in [0.2, 0.25) is 0 Å². The van der Waals surface area contributed by atoms with E-state index in [0.29, 0.717) is 5.76 Å². The Labute approximate surface area is 125 Å². The SMILES string of the molecule is CCCNC(Cc1c(F)cccc1F)c1occc1Br. The minimum atomic E-state index is -0.532. The largest absolute Gasteiger partial charge is 0.466 e. The van der Waals surface area contributed by atoms with Crippen LogP contribution in [-0.4, -0.2) is 6.54 Å². The summed E-state index contributed by atoms with van der Waals surface area (Å²) < 4.78 is 33.7. The number of furan rings is 1. The molecular formula is C15H16BrF2NO. The molecule has 108 valence electrons. The number of rotatable bonds is 6. The molecule has 1 heterocycles. The number of hydrogen-bond donors (Lipinski definition) is 1. The average molecular weight is 344 g/mol. The van der Waals surface area contributed by atoms with E-state index in [0.717, 1.165) is 17.4 Å². The molecule has 1 aromatic carbocycles. The minimum Gasteiger partial charge on any atom is -0.466 e. The molecule has 0 aliphatic carbocycles. The van der Waals surface area contributed by atoms with Crippen LogP contribution >= 0.6 is 15.9 Å². The first-order valence-electron chi connectivity index (χ1n) is 6.52. The van der Waals surface area contributed by atoms with Crippen LogP contribution in [0, 0.1) is 11.6 Å². The van der Waals surface area contributed by atoms with Crippen LogP contribution in [0.3, 0.4) is 0 Å². The lowest BCUT2D eigenvalue weighted by atomic mass is 10.0. The Kier molecular flexibility index (Phi) is 5.31. The molecule has 2 rings (SSSR count). The zero-order chi connectivity index (χ0) is 14.5. The molecule has 1 aromatic heterocycles. The maximum atomic E-state index is 13.8. The molecule has 0 saturated heterocycles. The highest BCUT2D eigenvalue weighted by atomic mass is 79.9. The molecule has 0 bridgehead atoms. The zero-order valence-corrected chi connectivity index (χ0v) is 12.7. The predicted molar refractivity (Wildman–Crippen MR) is 77.5 cm³/mol. The second kappa shape index (κ2) is 6.99. The summed E-state index contributed by atoms with van der Waals surface area (Å²) in [6.07, 6.45) is 2.68. The molecular weight excluding hydrogens is 328 g/mol. The van der Waals surface area contributed by atoms with Crippen molar-refractivity contribution >= 4 is 15.9 Å². The highest BCUT2D eigenvalue weighted by Crippen LogP contribution is 2.28. The summed E-state index contributed by atoms with van der Waals surface area (Å²) in [6, 6.07) is 5.41. The summed E-state index contributed by atoms with van der Waals surface area (Å²) in [5, 5.41) is 3.26. The number of halogens is 3. The monoisotopic (exact) mass is 343 g/mol. The van der Waals surface area contributed by atoms with Crippen molar-refractivity contribution in [3.05, 3.63) is 58.0 Å². The van der Waals surface area contributed by atoms with Gasteiger partial charge in [-0.05, 0) is 47.1 Å². The molecule has 1 unspecified atom stereocenters. The third-order valence-electron chi connectivity index (χ3n) is 3.07. The highest BCUT2D eigenvalue weighted by Gasteiger charge is 2.21. The van der Waals surface area contributed by atoms with Crippen molar-refractivity contribution in [1.29, 1.82) is 0 Å². The van der Waals surface area contributed by atoms with Gasteiger partial charge in [0.1, 0.15) is 17.4 Å². The molecule has 0 amide bonds. The summed E-state index contributed by atoms with van der Waals surface area (Å²) in [4.78, 5) is 0. The molecule has 0 saturated carbocycles. The van der Waals surface area contributed by atoms with Crippen LogP contribution in [0.1, 0.15) is 30.7 Å². The van der Waals surface area contributed by atoms with Crippen molar-refractivity contribution in [2.45, 2.75) is 25.8 Å². The van der Waals surface area contributed by atoms with E-state index < -0.39 is 11.6 Å². The van der Waals surface area contributed by atoms with Crippen LogP contribution in [-0.2, 0) is 6.42 Å². The molecule has 0 fully saturated rings. The van der Waals surface area contributed by atoms with Gasteiger partial charge >= 0.3 is 0 Å². The fourth-order valence-corrected chi connectivity index (χ4v) is 2.54. The number of nitrogens with one attached hydrogen (secondary N) is 1. The molecule has 1 N–H and O–H groups in total. The number of hydrogen-bond acceptors (Lipinski definition) is 2. The van der Waals surface area contributed by atoms with E-state index in [1.165, 1.54) is 18.2 Å². The molecule has 5 heteroatoms. The Balaban J connectivity index is 2.26. The third kappa shape index (κ3) is 3.46. The Bertz CT molecular complexity index is 551. The molecule has 2 aromatic rings. The molecule has 2 nitrogen and oxygen atoms in total. The van der Waals surface area contributed by atoms with Gasteiger partial charge in [-0.3, -0.25) is 0 Å². The van der Waals surface area contributed by atoms with E-state index in [1.54, 1.807) is 12.3 Å². The van der Waals surface area contributed by atoms with Gasteiger partial charge in [0, 0.05) is 12.0 Å². The van der Waals surface area contributed by atoms with Gasteiger partial charge in [0.25, 0.3) is 0 Å². The molecule has 0 radical (unpaired) electrons. The average Bonchev–Trinajstić information content (AvgIpc) is 2.84. The maximum absolute atomic E-state index is 13.8. The summed E-state index contributed by atoms with van der Waals surface area (Å²) in [7, 11) is 0. The van der Waals surface area contributed by atoms with E-state index in [9.17, 15) is 8.78 Å². The molecule has 0 aliphatic rings. The minimum absolute atomic E-state index is 0.0735. The van der Waals surface area contributed by atoms with Gasteiger partial charge in [-0.15, -0.1) is 0 Å². The molecule has 0 aliphatic heterocycles. The van der Waals surface area contributed by atoms with Gasteiger partial charge < -0.3 is 9.73 Å². The van der Waals surface area contributed by atoms with E-state index in [2.05, 4.69) is 21.2 Å². The normalized spacial score (nSPS) is 12.6. The third-order valence-corrected chi connectivity index (χ3v) is 3.73. The van der Waals surface area contributed by atoms with Crippen molar-refractivity contribution in [2.75, 3.05) is 6.54 Å². The second-order valence-electron chi connectivity index (χ2n) is 4.54.